The summed E-state index contributed by atoms with van der Waals surface area (Å²) in [6, 6.07) is 0. The minimum Gasteiger partial charge on any atom is -0.387 e. The molecule has 6 nitrogen and oxygen atoms in total. The standard InChI is InChI=1S/C9H15N3O3S/c1-3-9(13)5-12(6-9)16(14,15)8-4-10-7(2)11-8/h4,13H,3,5-6H2,1-2H3,(H,10,11). The number of aliphatic hydroxyl groups is 1. The van der Waals surface area contributed by atoms with Crippen LogP contribution in [0, 0.1) is 6.92 Å². The normalized spacial score (nSPS) is 20.7. The van der Waals surface area contributed by atoms with Crippen molar-refractivity contribution in [3.63, 3.8) is 0 Å². The summed E-state index contributed by atoms with van der Waals surface area (Å²) in [7, 11) is -3.51. The van der Waals surface area contributed by atoms with E-state index >= 15 is 0 Å². The Morgan fingerprint density at radius 3 is 2.69 bits per heavy atom. The molecule has 0 atom stereocenters. The van der Waals surface area contributed by atoms with Gasteiger partial charge in [0.05, 0.1) is 11.8 Å². The molecule has 7 heteroatoms. The molecule has 0 saturated carbocycles. The molecule has 16 heavy (non-hydrogen) atoms. The van der Waals surface area contributed by atoms with Crippen LogP contribution < -0.4 is 0 Å². The predicted octanol–water partition coefficient (Wildman–Crippen LogP) is -0.136. The largest absolute Gasteiger partial charge is 0.387 e. The third-order valence-electron chi connectivity index (χ3n) is 2.90. The number of nitrogens with zero attached hydrogens (tertiary/aromatic N) is 2. The molecule has 2 N–H and O–H groups in total. The van der Waals surface area contributed by atoms with E-state index < -0.39 is 15.6 Å². The smallest absolute Gasteiger partial charge is 0.260 e. The minimum atomic E-state index is -3.51. The van der Waals surface area contributed by atoms with E-state index in [1.54, 1.807) is 6.92 Å². The van der Waals surface area contributed by atoms with Crippen molar-refractivity contribution in [2.45, 2.75) is 30.9 Å². The molecule has 0 unspecified atom stereocenters. The maximum Gasteiger partial charge on any atom is 0.260 e. The maximum atomic E-state index is 12.0. The van der Waals surface area contributed by atoms with E-state index in [2.05, 4.69) is 9.97 Å². The number of hydrogen-bond acceptors (Lipinski definition) is 4. The molecule has 1 saturated heterocycles. The first kappa shape index (κ1) is 11.6. The van der Waals surface area contributed by atoms with Crippen molar-refractivity contribution in [1.29, 1.82) is 0 Å². The number of aryl methyl sites for hydroxylation is 1. The van der Waals surface area contributed by atoms with E-state index in [-0.39, 0.29) is 18.1 Å². The van der Waals surface area contributed by atoms with Crippen molar-refractivity contribution >= 4 is 10.0 Å². The number of hydrogen-bond donors (Lipinski definition) is 2. The SMILES string of the molecule is CCC1(O)CN(S(=O)(=O)c2cnc(C)[nH]2)C1. The van der Waals surface area contributed by atoms with Crippen LogP contribution in [0.1, 0.15) is 19.2 Å². The third kappa shape index (κ3) is 1.74. The topological polar surface area (TPSA) is 86.3 Å². The van der Waals surface area contributed by atoms with E-state index in [1.165, 1.54) is 10.5 Å². The average molecular weight is 245 g/mol. The Kier molecular flexibility index (Phi) is 2.56. The number of β-amino-alcohol motifs (C(OH)–C–C–N with tert-alkyl or cyclic N) is 1. The lowest BCUT2D eigenvalue weighted by Crippen LogP contribution is -2.62. The average Bonchev–Trinajstić information content (AvgIpc) is 2.60. The monoisotopic (exact) mass is 245 g/mol. The molecule has 0 aromatic carbocycles. The van der Waals surface area contributed by atoms with Crippen molar-refractivity contribution in [3.8, 4) is 0 Å². The first-order valence-corrected chi connectivity index (χ1v) is 6.55. The summed E-state index contributed by atoms with van der Waals surface area (Å²) in [5.74, 6) is 0.560. The van der Waals surface area contributed by atoms with Crippen molar-refractivity contribution in [1.82, 2.24) is 14.3 Å². The minimum absolute atomic E-state index is 0.0863. The van der Waals surface area contributed by atoms with E-state index in [4.69, 9.17) is 0 Å². The molecule has 1 aliphatic heterocycles. The molecule has 1 aromatic rings. The van der Waals surface area contributed by atoms with Gasteiger partial charge in [0.2, 0.25) is 0 Å². The molecule has 1 aliphatic rings. The molecule has 0 amide bonds. The van der Waals surface area contributed by atoms with Gasteiger partial charge in [0.15, 0.2) is 5.03 Å². The molecule has 2 heterocycles. The van der Waals surface area contributed by atoms with Gasteiger partial charge in [0.25, 0.3) is 10.0 Å². The highest BCUT2D eigenvalue weighted by Crippen LogP contribution is 2.29. The highest BCUT2D eigenvalue weighted by atomic mass is 32.2. The van der Waals surface area contributed by atoms with Gasteiger partial charge in [-0.1, -0.05) is 6.92 Å². The molecule has 0 radical (unpaired) electrons. The fourth-order valence-corrected chi connectivity index (χ4v) is 3.23. The summed E-state index contributed by atoms with van der Waals surface area (Å²) in [5, 5.41) is 9.86. The molecule has 0 aliphatic carbocycles. The Morgan fingerprint density at radius 1 is 1.62 bits per heavy atom. The van der Waals surface area contributed by atoms with Crippen LogP contribution in [0.4, 0.5) is 0 Å². The fourth-order valence-electron chi connectivity index (χ4n) is 1.67. The summed E-state index contributed by atoms with van der Waals surface area (Å²) in [4.78, 5) is 6.54. The Labute approximate surface area is 94.4 Å². The fraction of sp³-hybridized carbons (Fsp3) is 0.667. The van der Waals surface area contributed by atoms with Crippen LogP contribution in [0.2, 0.25) is 0 Å². The van der Waals surface area contributed by atoms with Crippen LogP contribution >= 0.6 is 0 Å². The summed E-state index contributed by atoms with van der Waals surface area (Å²) in [6.45, 7) is 3.84. The number of aromatic amines is 1. The second-order valence-corrected chi connectivity index (χ2v) is 6.09. The molecule has 0 spiro atoms. The first-order valence-electron chi connectivity index (χ1n) is 5.11. The van der Waals surface area contributed by atoms with Crippen LogP contribution in [0.15, 0.2) is 11.2 Å². The molecular weight excluding hydrogens is 230 g/mol. The molecule has 1 fully saturated rings. The lowest BCUT2D eigenvalue weighted by molar-refractivity contribution is -0.0614. The number of H-pyrrole nitrogens is 1. The Hall–Kier alpha value is -0.920. The van der Waals surface area contributed by atoms with Crippen LogP contribution in [-0.2, 0) is 10.0 Å². The Balaban J connectivity index is 2.17. The van der Waals surface area contributed by atoms with Crippen LogP contribution in [-0.4, -0.2) is 46.5 Å². The van der Waals surface area contributed by atoms with Crippen molar-refractivity contribution in [2.24, 2.45) is 0 Å². The molecule has 2 rings (SSSR count). The van der Waals surface area contributed by atoms with Crippen LogP contribution in [0.25, 0.3) is 0 Å². The number of rotatable bonds is 3. The zero-order valence-corrected chi connectivity index (χ0v) is 10.1. The van der Waals surface area contributed by atoms with Gasteiger partial charge in [0.1, 0.15) is 5.82 Å². The van der Waals surface area contributed by atoms with Gasteiger partial charge in [-0.2, -0.15) is 4.31 Å². The first-order chi connectivity index (χ1) is 7.37. The van der Waals surface area contributed by atoms with Crippen molar-refractivity contribution < 1.29 is 13.5 Å². The number of imidazole rings is 1. The zero-order valence-electron chi connectivity index (χ0n) is 9.27. The van der Waals surface area contributed by atoms with Gasteiger partial charge in [0, 0.05) is 13.1 Å². The van der Waals surface area contributed by atoms with E-state index in [0.717, 1.165) is 0 Å². The molecule has 0 bridgehead atoms. The zero-order chi connectivity index (χ0) is 12.0. The Morgan fingerprint density at radius 2 is 2.25 bits per heavy atom. The van der Waals surface area contributed by atoms with Crippen molar-refractivity contribution in [3.05, 3.63) is 12.0 Å². The van der Waals surface area contributed by atoms with Gasteiger partial charge in [-0.25, -0.2) is 13.4 Å². The summed E-state index contributed by atoms with van der Waals surface area (Å²) in [5.41, 5.74) is -0.859. The predicted molar refractivity (Wildman–Crippen MR) is 57.3 cm³/mol. The quantitative estimate of drug-likeness (QED) is 0.776. The Bertz CT molecular complexity index is 488. The van der Waals surface area contributed by atoms with Gasteiger partial charge in [-0.05, 0) is 13.3 Å². The molecule has 1 aromatic heterocycles. The van der Waals surface area contributed by atoms with Crippen LogP contribution in [0.3, 0.4) is 0 Å². The second kappa shape index (κ2) is 3.54. The third-order valence-corrected chi connectivity index (χ3v) is 4.60. The van der Waals surface area contributed by atoms with Gasteiger partial charge < -0.3 is 10.1 Å². The van der Waals surface area contributed by atoms with Gasteiger partial charge >= 0.3 is 0 Å². The number of nitrogens with one attached hydrogen (secondary N) is 1. The maximum absolute atomic E-state index is 12.0. The van der Waals surface area contributed by atoms with E-state index in [0.29, 0.717) is 12.2 Å². The summed E-state index contributed by atoms with van der Waals surface area (Å²) >= 11 is 0. The molecular formula is C9H15N3O3S. The number of aromatic nitrogens is 2. The van der Waals surface area contributed by atoms with Crippen molar-refractivity contribution in [2.75, 3.05) is 13.1 Å². The van der Waals surface area contributed by atoms with Gasteiger partial charge in [-0.3, -0.25) is 0 Å². The highest BCUT2D eigenvalue weighted by Gasteiger charge is 2.46. The molecule has 90 valence electrons. The van der Waals surface area contributed by atoms with E-state index in [1.807, 2.05) is 6.92 Å². The second-order valence-electron chi connectivity index (χ2n) is 4.18. The van der Waals surface area contributed by atoms with Gasteiger partial charge in [-0.15, -0.1) is 0 Å². The number of sulfonamides is 1. The summed E-state index contributed by atoms with van der Waals surface area (Å²) < 4.78 is 25.2. The summed E-state index contributed by atoms with van der Waals surface area (Å²) in [6.07, 6.45) is 1.86. The highest BCUT2D eigenvalue weighted by molar-refractivity contribution is 7.89. The van der Waals surface area contributed by atoms with E-state index in [9.17, 15) is 13.5 Å². The lowest BCUT2D eigenvalue weighted by Gasteiger charge is -2.44. The van der Waals surface area contributed by atoms with Crippen LogP contribution in [0.5, 0.6) is 0 Å². The lowest BCUT2D eigenvalue weighted by atomic mass is 9.94.